The van der Waals surface area contributed by atoms with Crippen LogP contribution >= 0.6 is 0 Å². The second-order valence-electron chi connectivity index (χ2n) is 11.4. The summed E-state index contributed by atoms with van der Waals surface area (Å²) < 4.78 is 24.9. The standard InChI is InChI=1S/C23H31NO7/c1-20-10-15(26)16-12(13(20)4-6-23(20)28-7-8-29-23)3-5-22-9-14-17(27)18(21(16,22)2)30-19(31-22)24(14)11-25/h11-14,16-19,27H,3-10H2,1-2H3/t12-,13-,14-,16+,17+,18-,19-,20-,21-,22+/m0/s1. The van der Waals surface area contributed by atoms with Gasteiger partial charge in [0.15, 0.2) is 5.79 Å². The number of rotatable bonds is 1. The quantitative estimate of drug-likeness (QED) is 0.621. The first-order chi connectivity index (χ1) is 14.8. The van der Waals surface area contributed by atoms with E-state index in [1.54, 1.807) is 0 Å². The molecule has 0 unspecified atom stereocenters. The average molecular weight is 434 g/mol. The fraction of sp³-hybridized carbons (Fsp3) is 0.913. The predicted molar refractivity (Wildman–Crippen MR) is 104 cm³/mol. The highest BCUT2D eigenvalue weighted by Gasteiger charge is 2.78. The van der Waals surface area contributed by atoms with Gasteiger partial charge in [-0.15, -0.1) is 0 Å². The molecule has 8 rings (SSSR count). The fourth-order valence-electron chi connectivity index (χ4n) is 9.43. The van der Waals surface area contributed by atoms with Crippen LogP contribution in [0.1, 0.15) is 52.4 Å². The minimum Gasteiger partial charge on any atom is -0.388 e. The zero-order valence-electron chi connectivity index (χ0n) is 18.1. The molecule has 8 fully saturated rings. The van der Waals surface area contributed by atoms with Crippen LogP contribution in [0, 0.1) is 28.6 Å². The third-order valence-electron chi connectivity index (χ3n) is 10.7. The Morgan fingerprint density at radius 3 is 2.68 bits per heavy atom. The van der Waals surface area contributed by atoms with Crippen LogP contribution in [0.25, 0.3) is 0 Å². The number of carbonyl (C=O) groups excluding carboxylic acids is 2. The summed E-state index contributed by atoms with van der Waals surface area (Å²) in [4.78, 5) is 27.0. The lowest BCUT2D eigenvalue weighted by Gasteiger charge is -2.73. The Hall–Kier alpha value is -1.06. The van der Waals surface area contributed by atoms with Crippen molar-refractivity contribution in [3.63, 3.8) is 0 Å². The molecule has 4 aliphatic carbocycles. The molecule has 4 saturated heterocycles. The third-order valence-corrected chi connectivity index (χ3v) is 10.7. The maximum absolute atomic E-state index is 14.0. The van der Waals surface area contributed by atoms with Crippen molar-refractivity contribution in [3.05, 3.63) is 0 Å². The van der Waals surface area contributed by atoms with Gasteiger partial charge in [-0.3, -0.25) is 14.5 Å². The van der Waals surface area contributed by atoms with Gasteiger partial charge in [-0.05, 0) is 31.1 Å². The van der Waals surface area contributed by atoms with Crippen LogP contribution in [0.5, 0.6) is 0 Å². The van der Waals surface area contributed by atoms with Crippen molar-refractivity contribution < 1.29 is 33.6 Å². The summed E-state index contributed by atoms with van der Waals surface area (Å²) in [7, 11) is 0. The number of aliphatic hydroxyl groups is 1. The molecule has 2 spiro atoms. The van der Waals surface area contributed by atoms with Gasteiger partial charge < -0.3 is 24.1 Å². The largest absolute Gasteiger partial charge is 0.388 e. The maximum atomic E-state index is 14.0. The number of carbonyl (C=O) groups is 2. The summed E-state index contributed by atoms with van der Waals surface area (Å²) in [5, 5.41) is 11.2. The molecule has 170 valence electrons. The van der Waals surface area contributed by atoms with Crippen LogP contribution in [0.4, 0.5) is 0 Å². The number of fused-ring (bicyclic) bond motifs is 4. The van der Waals surface area contributed by atoms with E-state index in [9.17, 15) is 14.7 Å². The normalized spacial score (nSPS) is 58.4. The summed E-state index contributed by atoms with van der Waals surface area (Å²) in [6.07, 6.45) is 3.21. The van der Waals surface area contributed by atoms with Crippen LogP contribution in [-0.4, -0.2) is 71.5 Å². The van der Waals surface area contributed by atoms with E-state index in [1.165, 1.54) is 4.90 Å². The number of hydrogen-bond donors (Lipinski definition) is 1. The van der Waals surface area contributed by atoms with Crippen molar-refractivity contribution in [3.8, 4) is 0 Å². The second kappa shape index (κ2) is 5.70. The fourth-order valence-corrected chi connectivity index (χ4v) is 9.43. The number of ether oxygens (including phenoxy) is 4. The zero-order valence-corrected chi connectivity index (χ0v) is 18.1. The van der Waals surface area contributed by atoms with Gasteiger partial charge in [-0.2, -0.15) is 0 Å². The highest BCUT2D eigenvalue weighted by molar-refractivity contribution is 5.85. The summed E-state index contributed by atoms with van der Waals surface area (Å²) in [5.41, 5.74) is -1.46. The minimum atomic E-state index is -0.806. The van der Waals surface area contributed by atoms with Crippen molar-refractivity contribution in [1.29, 1.82) is 0 Å². The lowest BCUT2D eigenvalue weighted by molar-refractivity contribution is -0.462. The molecule has 0 aromatic carbocycles. The average Bonchev–Trinajstić information content (AvgIpc) is 3.32. The number of Topliss-reactive ketones (excluding diaryl/α,β-unsaturated/α-hetero) is 1. The molecule has 4 saturated carbocycles. The van der Waals surface area contributed by atoms with E-state index in [1.807, 2.05) is 0 Å². The van der Waals surface area contributed by atoms with Gasteiger partial charge in [0.1, 0.15) is 11.9 Å². The summed E-state index contributed by atoms with van der Waals surface area (Å²) >= 11 is 0. The molecule has 10 atom stereocenters. The molecule has 8 aliphatic rings. The number of ketones is 1. The van der Waals surface area contributed by atoms with Crippen LogP contribution in [0.2, 0.25) is 0 Å². The summed E-state index contributed by atoms with van der Waals surface area (Å²) in [6.45, 7) is 5.49. The maximum Gasteiger partial charge on any atom is 0.243 e. The number of amides is 1. The first-order valence-electron chi connectivity index (χ1n) is 11.8. The predicted octanol–water partition coefficient (Wildman–Crippen LogP) is 1.19. The van der Waals surface area contributed by atoms with Gasteiger partial charge in [0, 0.05) is 36.0 Å². The van der Waals surface area contributed by atoms with Gasteiger partial charge >= 0.3 is 0 Å². The molecule has 4 bridgehead atoms. The Bertz CT molecular complexity index is 859. The zero-order chi connectivity index (χ0) is 21.4. The molecule has 0 aromatic rings. The Kier molecular flexibility index (Phi) is 3.57. The number of hydrogen-bond acceptors (Lipinski definition) is 7. The molecule has 1 N–H and O–H groups in total. The Morgan fingerprint density at radius 2 is 1.94 bits per heavy atom. The van der Waals surface area contributed by atoms with Crippen LogP contribution in [0.15, 0.2) is 0 Å². The first kappa shape index (κ1) is 19.4. The van der Waals surface area contributed by atoms with Gasteiger partial charge in [-0.1, -0.05) is 13.8 Å². The van der Waals surface area contributed by atoms with Crippen LogP contribution in [-0.2, 0) is 28.5 Å². The molecular formula is C23H31NO7. The molecule has 4 aliphatic heterocycles. The van der Waals surface area contributed by atoms with E-state index in [0.29, 0.717) is 38.4 Å². The van der Waals surface area contributed by atoms with E-state index >= 15 is 0 Å². The second-order valence-corrected chi connectivity index (χ2v) is 11.4. The van der Waals surface area contributed by atoms with Gasteiger partial charge in [0.05, 0.1) is 31.0 Å². The van der Waals surface area contributed by atoms with Crippen molar-refractivity contribution in [2.45, 2.75) is 88.4 Å². The highest BCUT2D eigenvalue weighted by atomic mass is 16.7. The smallest absolute Gasteiger partial charge is 0.243 e. The molecule has 31 heavy (non-hydrogen) atoms. The number of nitrogens with zero attached hydrogens (tertiary/aromatic N) is 1. The Morgan fingerprint density at radius 1 is 1.16 bits per heavy atom. The van der Waals surface area contributed by atoms with Gasteiger partial charge in [-0.25, -0.2) is 0 Å². The van der Waals surface area contributed by atoms with E-state index in [-0.39, 0.29) is 29.1 Å². The molecule has 0 aromatic heterocycles. The van der Waals surface area contributed by atoms with E-state index in [2.05, 4.69) is 13.8 Å². The molecule has 4 heterocycles. The van der Waals surface area contributed by atoms with Crippen LogP contribution in [0.3, 0.4) is 0 Å². The minimum absolute atomic E-state index is 0.202. The Labute approximate surface area is 181 Å². The van der Waals surface area contributed by atoms with Crippen molar-refractivity contribution in [2.24, 2.45) is 28.6 Å². The van der Waals surface area contributed by atoms with Crippen LogP contribution < -0.4 is 0 Å². The topological polar surface area (TPSA) is 94.5 Å². The SMILES string of the molecule is C[C@]12[C@H]3O[C@H]4O[C@]1(CC[C@@H]1[C@@H]2C(=O)C[C@@]2(C)[C@H]1CCC21OCCO1)C[C@@H]([C@H]3O)N4C=O. The van der Waals surface area contributed by atoms with Crippen molar-refractivity contribution in [1.82, 2.24) is 4.90 Å². The van der Waals surface area contributed by atoms with Crippen molar-refractivity contribution >= 4 is 12.2 Å². The monoisotopic (exact) mass is 433 g/mol. The summed E-state index contributed by atoms with van der Waals surface area (Å²) in [6, 6.07) is -0.307. The van der Waals surface area contributed by atoms with Gasteiger partial charge in [0.25, 0.3) is 0 Å². The molecule has 8 nitrogen and oxygen atoms in total. The number of aliphatic hydroxyl groups excluding tert-OH is 1. The Balaban J connectivity index is 1.31. The lowest BCUT2D eigenvalue weighted by Crippen LogP contribution is -2.84. The molecule has 8 heteroatoms. The summed E-state index contributed by atoms with van der Waals surface area (Å²) in [5.74, 6) is -0.0866. The van der Waals surface area contributed by atoms with E-state index < -0.39 is 35.4 Å². The first-order valence-corrected chi connectivity index (χ1v) is 11.8. The molecular weight excluding hydrogens is 402 g/mol. The molecule has 0 radical (unpaired) electrons. The van der Waals surface area contributed by atoms with Gasteiger partial charge in [0.2, 0.25) is 12.8 Å². The lowest BCUT2D eigenvalue weighted by atomic mass is 9.41. The highest BCUT2D eigenvalue weighted by Crippen LogP contribution is 2.72. The molecule has 1 amide bonds. The third kappa shape index (κ3) is 1.91. The van der Waals surface area contributed by atoms with Crippen molar-refractivity contribution in [2.75, 3.05) is 13.2 Å². The van der Waals surface area contributed by atoms with E-state index in [0.717, 1.165) is 25.7 Å². The van der Waals surface area contributed by atoms with E-state index in [4.69, 9.17) is 18.9 Å².